The van der Waals surface area contributed by atoms with E-state index in [2.05, 4.69) is 11.8 Å². The van der Waals surface area contributed by atoms with Gasteiger partial charge >= 0.3 is 0 Å². The van der Waals surface area contributed by atoms with E-state index in [1.165, 1.54) is 45.2 Å². The minimum atomic E-state index is 0.956. The van der Waals surface area contributed by atoms with Crippen LogP contribution < -0.4 is 0 Å². The molecule has 64 valence electrons. The van der Waals surface area contributed by atoms with E-state index in [0.29, 0.717) is 0 Å². The van der Waals surface area contributed by atoms with Crippen molar-refractivity contribution in [2.24, 2.45) is 5.92 Å². The third kappa shape index (κ3) is 1.44. The van der Waals surface area contributed by atoms with Gasteiger partial charge in [-0.1, -0.05) is 13.3 Å². The molecule has 1 nitrogen and oxygen atoms in total. The van der Waals surface area contributed by atoms with Crippen LogP contribution in [0.15, 0.2) is 0 Å². The summed E-state index contributed by atoms with van der Waals surface area (Å²) in [6.07, 6.45) is 7.31. The van der Waals surface area contributed by atoms with Gasteiger partial charge in [-0.2, -0.15) is 0 Å². The monoisotopic (exact) mass is 153 g/mol. The maximum atomic E-state index is 2.72. The molecule has 2 rings (SSSR count). The van der Waals surface area contributed by atoms with Gasteiger partial charge in [-0.05, 0) is 44.7 Å². The molecule has 0 saturated carbocycles. The Morgan fingerprint density at radius 1 is 1.00 bits per heavy atom. The van der Waals surface area contributed by atoms with Crippen molar-refractivity contribution in [3.8, 4) is 0 Å². The SMILES string of the molecule is CC1CCCN2CCCCC12. The van der Waals surface area contributed by atoms with Gasteiger partial charge in [0.05, 0.1) is 0 Å². The second-order valence-corrected chi connectivity index (χ2v) is 4.22. The van der Waals surface area contributed by atoms with Gasteiger partial charge in [0.1, 0.15) is 0 Å². The van der Waals surface area contributed by atoms with Crippen molar-refractivity contribution in [3.63, 3.8) is 0 Å². The zero-order valence-corrected chi connectivity index (χ0v) is 7.55. The Labute approximate surface area is 69.8 Å². The Morgan fingerprint density at radius 3 is 2.64 bits per heavy atom. The molecule has 0 bridgehead atoms. The second-order valence-electron chi connectivity index (χ2n) is 4.22. The van der Waals surface area contributed by atoms with Crippen LogP contribution in [0.3, 0.4) is 0 Å². The molecule has 0 radical (unpaired) electrons. The molecule has 2 fully saturated rings. The molecule has 0 aromatic rings. The lowest BCUT2D eigenvalue weighted by Crippen LogP contribution is -2.46. The van der Waals surface area contributed by atoms with Crippen LogP contribution in [0.2, 0.25) is 0 Å². The molecule has 0 aromatic carbocycles. The van der Waals surface area contributed by atoms with E-state index in [0.717, 1.165) is 12.0 Å². The first kappa shape index (κ1) is 7.60. The maximum absolute atomic E-state index is 2.72. The maximum Gasteiger partial charge on any atom is 0.0121 e. The Morgan fingerprint density at radius 2 is 1.82 bits per heavy atom. The quantitative estimate of drug-likeness (QED) is 0.516. The highest BCUT2D eigenvalue weighted by Gasteiger charge is 2.29. The molecule has 2 heterocycles. The molecular weight excluding hydrogens is 134 g/mol. The van der Waals surface area contributed by atoms with E-state index in [-0.39, 0.29) is 0 Å². The Kier molecular flexibility index (Phi) is 2.17. The molecule has 0 spiro atoms. The van der Waals surface area contributed by atoms with E-state index >= 15 is 0 Å². The molecule has 1 heteroatoms. The largest absolute Gasteiger partial charge is 0.300 e. The third-order valence-electron chi connectivity index (χ3n) is 3.43. The van der Waals surface area contributed by atoms with Gasteiger partial charge in [-0.15, -0.1) is 0 Å². The van der Waals surface area contributed by atoms with Crippen LogP contribution in [0.4, 0.5) is 0 Å². The van der Waals surface area contributed by atoms with Crippen molar-refractivity contribution in [3.05, 3.63) is 0 Å². The van der Waals surface area contributed by atoms with E-state index in [4.69, 9.17) is 0 Å². The molecule has 0 N–H and O–H groups in total. The Balaban J connectivity index is 1.99. The topological polar surface area (TPSA) is 3.24 Å². The number of piperidine rings is 2. The fraction of sp³-hybridized carbons (Fsp3) is 1.00. The van der Waals surface area contributed by atoms with Crippen molar-refractivity contribution in [2.75, 3.05) is 13.1 Å². The fourth-order valence-electron chi connectivity index (χ4n) is 2.75. The van der Waals surface area contributed by atoms with Gasteiger partial charge in [0.15, 0.2) is 0 Å². The molecule has 2 atom stereocenters. The number of fused-ring (bicyclic) bond motifs is 1. The molecule has 0 aromatic heterocycles. The predicted molar refractivity (Wildman–Crippen MR) is 47.6 cm³/mol. The van der Waals surface area contributed by atoms with Crippen LogP contribution in [0.5, 0.6) is 0 Å². The first-order chi connectivity index (χ1) is 5.38. The second kappa shape index (κ2) is 3.14. The Bertz CT molecular complexity index is 131. The number of hydrogen-bond donors (Lipinski definition) is 0. The highest BCUT2D eigenvalue weighted by molar-refractivity contribution is 4.84. The van der Waals surface area contributed by atoms with Gasteiger partial charge < -0.3 is 4.90 Å². The van der Waals surface area contributed by atoms with Gasteiger partial charge in [0, 0.05) is 6.04 Å². The molecule has 2 unspecified atom stereocenters. The lowest BCUT2D eigenvalue weighted by molar-refractivity contribution is 0.0674. The number of rotatable bonds is 0. The summed E-state index contributed by atoms with van der Waals surface area (Å²) in [6, 6.07) is 0.956. The van der Waals surface area contributed by atoms with Gasteiger partial charge in [-0.3, -0.25) is 0 Å². The van der Waals surface area contributed by atoms with Gasteiger partial charge in [0.25, 0.3) is 0 Å². The average Bonchev–Trinajstić information content (AvgIpc) is 2.06. The van der Waals surface area contributed by atoms with Crippen molar-refractivity contribution in [2.45, 2.75) is 45.1 Å². The zero-order chi connectivity index (χ0) is 7.68. The molecule has 0 aliphatic carbocycles. The summed E-state index contributed by atoms with van der Waals surface area (Å²) < 4.78 is 0. The van der Waals surface area contributed by atoms with Crippen LogP contribution in [-0.2, 0) is 0 Å². The first-order valence-electron chi connectivity index (χ1n) is 5.12. The van der Waals surface area contributed by atoms with Crippen LogP contribution in [0.1, 0.15) is 39.0 Å². The fourth-order valence-corrected chi connectivity index (χ4v) is 2.75. The summed E-state index contributed by atoms with van der Waals surface area (Å²) in [7, 11) is 0. The molecule has 0 amide bonds. The van der Waals surface area contributed by atoms with Gasteiger partial charge in [-0.25, -0.2) is 0 Å². The molecular formula is C10H19N. The Hall–Kier alpha value is -0.0400. The first-order valence-corrected chi connectivity index (χ1v) is 5.12. The minimum Gasteiger partial charge on any atom is -0.300 e. The summed E-state index contributed by atoms with van der Waals surface area (Å²) in [6.45, 7) is 5.20. The highest BCUT2D eigenvalue weighted by atomic mass is 15.2. The van der Waals surface area contributed by atoms with Crippen molar-refractivity contribution in [1.82, 2.24) is 4.90 Å². The molecule has 2 aliphatic heterocycles. The van der Waals surface area contributed by atoms with Crippen LogP contribution in [0, 0.1) is 5.92 Å². The van der Waals surface area contributed by atoms with Crippen LogP contribution in [0.25, 0.3) is 0 Å². The van der Waals surface area contributed by atoms with E-state index in [9.17, 15) is 0 Å². The average molecular weight is 153 g/mol. The number of hydrogen-bond acceptors (Lipinski definition) is 1. The highest BCUT2D eigenvalue weighted by Crippen LogP contribution is 2.29. The summed E-state index contributed by atoms with van der Waals surface area (Å²) in [4.78, 5) is 2.72. The smallest absolute Gasteiger partial charge is 0.0121 e. The molecule has 11 heavy (non-hydrogen) atoms. The van der Waals surface area contributed by atoms with E-state index < -0.39 is 0 Å². The van der Waals surface area contributed by atoms with E-state index in [1.807, 2.05) is 0 Å². The van der Waals surface area contributed by atoms with Crippen molar-refractivity contribution < 1.29 is 0 Å². The zero-order valence-electron chi connectivity index (χ0n) is 7.55. The van der Waals surface area contributed by atoms with Gasteiger partial charge in [0.2, 0.25) is 0 Å². The molecule has 2 aliphatic rings. The predicted octanol–water partition coefficient (Wildman–Crippen LogP) is 2.27. The third-order valence-corrected chi connectivity index (χ3v) is 3.43. The van der Waals surface area contributed by atoms with Crippen molar-refractivity contribution in [1.29, 1.82) is 0 Å². The van der Waals surface area contributed by atoms with Crippen LogP contribution >= 0.6 is 0 Å². The lowest BCUT2D eigenvalue weighted by atomic mass is 9.85. The summed E-state index contributed by atoms with van der Waals surface area (Å²) in [5, 5.41) is 0. The summed E-state index contributed by atoms with van der Waals surface area (Å²) >= 11 is 0. The summed E-state index contributed by atoms with van der Waals surface area (Å²) in [5.41, 5.74) is 0. The van der Waals surface area contributed by atoms with E-state index in [1.54, 1.807) is 0 Å². The lowest BCUT2D eigenvalue weighted by Gasteiger charge is -2.43. The van der Waals surface area contributed by atoms with Crippen LogP contribution in [-0.4, -0.2) is 24.0 Å². The molecule has 2 saturated heterocycles. The minimum absolute atomic E-state index is 0.956. The normalized spacial score (nSPS) is 40.1. The number of nitrogens with zero attached hydrogens (tertiary/aromatic N) is 1. The van der Waals surface area contributed by atoms with Crippen molar-refractivity contribution >= 4 is 0 Å². The summed E-state index contributed by atoms with van der Waals surface area (Å²) in [5.74, 6) is 0.976. The standard InChI is InChI=1S/C10H19N/c1-9-5-4-8-11-7-3-2-6-10(9)11/h9-10H,2-8H2,1H3.